The molecule has 0 unspecified atom stereocenters. The zero-order valence-corrected chi connectivity index (χ0v) is 12.0. The predicted molar refractivity (Wildman–Crippen MR) is 82.4 cm³/mol. The van der Waals surface area contributed by atoms with Crippen LogP contribution in [0.5, 0.6) is 6.01 Å². The summed E-state index contributed by atoms with van der Waals surface area (Å²) in [4.78, 5) is 12.8. The molecule has 1 saturated carbocycles. The molecule has 22 heavy (non-hydrogen) atoms. The van der Waals surface area contributed by atoms with Crippen LogP contribution in [0.2, 0.25) is 0 Å². The Bertz CT molecular complexity index is 812. The highest BCUT2D eigenvalue weighted by Crippen LogP contribution is 2.25. The topological polar surface area (TPSA) is 101 Å². The summed E-state index contributed by atoms with van der Waals surface area (Å²) < 4.78 is 5.14. The molecule has 2 heterocycles. The van der Waals surface area contributed by atoms with E-state index in [4.69, 9.17) is 4.74 Å². The molecule has 1 fully saturated rings. The van der Waals surface area contributed by atoms with Gasteiger partial charge in [0, 0.05) is 17.1 Å². The van der Waals surface area contributed by atoms with Crippen molar-refractivity contribution in [3.8, 4) is 6.01 Å². The lowest BCUT2D eigenvalue weighted by atomic mass is 10.2. The lowest BCUT2D eigenvalue weighted by molar-refractivity contribution is 0.379. The monoisotopic (exact) mass is 297 g/mol. The minimum atomic E-state index is 0.282. The second kappa shape index (κ2) is 5.14. The molecular weight excluding hydrogens is 282 g/mol. The summed E-state index contributed by atoms with van der Waals surface area (Å²) in [5.41, 5.74) is 1.86. The van der Waals surface area contributed by atoms with Crippen molar-refractivity contribution < 1.29 is 4.74 Å². The number of aromatic nitrogens is 5. The van der Waals surface area contributed by atoms with Crippen LogP contribution in [0.15, 0.2) is 24.4 Å². The predicted octanol–water partition coefficient (Wildman–Crippen LogP) is 2.07. The Hall–Kier alpha value is -2.90. The number of hydrogen-bond acceptors (Lipinski definition) is 7. The molecule has 1 aliphatic rings. The molecular formula is C14H15N7O. The highest BCUT2D eigenvalue weighted by Gasteiger charge is 2.22. The number of methoxy groups -OCH3 is 1. The van der Waals surface area contributed by atoms with E-state index in [1.54, 1.807) is 6.20 Å². The Kier molecular flexibility index (Phi) is 2.99. The molecule has 0 bridgehead atoms. The Balaban J connectivity index is 1.62. The van der Waals surface area contributed by atoms with E-state index in [9.17, 15) is 0 Å². The number of fused-ring (bicyclic) bond motifs is 1. The summed E-state index contributed by atoms with van der Waals surface area (Å²) in [5.74, 6) is 0.971. The number of nitrogens with zero attached hydrogens (tertiary/aromatic N) is 4. The van der Waals surface area contributed by atoms with Crippen molar-refractivity contribution in [1.82, 2.24) is 25.1 Å². The molecule has 0 amide bonds. The number of rotatable bonds is 5. The van der Waals surface area contributed by atoms with Gasteiger partial charge in [-0.3, -0.25) is 5.10 Å². The molecule has 112 valence electrons. The normalized spacial score (nSPS) is 14.0. The van der Waals surface area contributed by atoms with Crippen LogP contribution in [0.4, 0.5) is 17.6 Å². The fraction of sp³-hybridized carbons (Fsp3) is 0.286. The van der Waals surface area contributed by atoms with Crippen molar-refractivity contribution in [2.24, 2.45) is 0 Å². The number of ether oxygens (including phenoxy) is 1. The van der Waals surface area contributed by atoms with Crippen LogP contribution in [-0.2, 0) is 0 Å². The highest BCUT2D eigenvalue weighted by molar-refractivity contribution is 5.82. The van der Waals surface area contributed by atoms with Crippen LogP contribution in [-0.4, -0.2) is 38.3 Å². The van der Waals surface area contributed by atoms with Gasteiger partial charge in [0.15, 0.2) is 0 Å². The van der Waals surface area contributed by atoms with E-state index in [1.165, 1.54) is 7.11 Å². The van der Waals surface area contributed by atoms with Gasteiger partial charge in [-0.25, -0.2) is 0 Å². The van der Waals surface area contributed by atoms with E-state index in [-0.39, 0.29) is 6.01 Å². The average molecular weight is 297 g/mol. The zero-order valence-electron chi connectivity index (χ0n) is 12.0. The third kappa shape index (κ3) is 2.62. The number of nitrogens with one attached hydrogen (secondary N) is 3. The largest absolute Gasteiger partial charge is 0.467 e. The molecule has 4 rings (SSSR count). The van der Waals surface area contributed by atoms with Gasteiger partial charge in [0.05, 0.1) is 18.8 Å². The molecule has 1 aliphatic carbocycles. The third-order valence-electron chi connectivity index (χ3n) is 3.40. The molecule has 2 aromatic heterocycles. The maximum absolute atomic E-state index is 5.14. The van der Waals surface area contributed by atoms with Crippen LogP contribution >= 0.6 is 0 Å². The maximum Gasteiger partial charge on any atom is 0.322 e. The molecule has 0 spiro atoms. The summed E-state index contributed by atoms with van der Waals surface area (Å²) in [7, 11) is 1.54. The van der Waals surface area contributed by atoms with Crippen molar-refractivity contribution >= 4 is 28.5 Å². The van der Waals surface area contributed by atoms with Crippen molar-refractivity contribution in [2.75, 3.05) is 17.7 Å². The van der Waals surface area contributed by atoms with Crippen molar-refractivity contribution in [3.05, 3.63) is 24.4 Å². The smallest absolute Gasteiger partial charge is 0.322 e. The van der Waals surface area contributed by atoms with Crippen molar-refractivity contribution in [2.45, 2.75) is 18.9 Å². The highest BCUT2D eigenvalue weighted by atomic mass is 16.5. The summed E-state index contributed by atoms with van der Waals surface area (Å²) in [6, 6.07) is 6.60. The van der Waals surface area contributed by atoms with Crippen LogP contribution < -0.4 is 15.4 Å². The molecule has 8 heteroatoms. The van der Waals surface area contributed by atoms with Crippen LogP contribution in [0, 0.1) is 0 Å². The van der Waals surface area contributed by atoms with Gasteiger partial charge >= 0.3 is 6.01 Å². The van der Waals surface area contributed by atoms with Gasteiger partial charge in [-0.05, 0) is 31.0 Å². The maximum atomic E-state index is 5.14. The first kappa shape index (κ1) is 12.8. The summed E-state index contributed by atoms with van der Waals surface area (Å²) in [6.07, 6.45) is 4.07. The quantitative estimate of drug-likeness (QED) is 0.662. The van der Waals surface area contributed by atoms with E-state index in [0.29, 0.717) is 17.9 Å². The van der Waals surface area contributed by atoms with Gasteiger partial charge < -0.3 is 15.4 Å². The second-order valence-corrected chi connectivity index (χ2v) is 5.18. The summed E-state index contributed by atoms with van der Waals surface area (Å²) in [6.45, 7) is 0. The lowest BCUT2D eigenvalue weighted by Gasteiger charge is -2.09. The molecule has 8 nitrogen and oxygen atoms in total. The van der Waals surface area contributed by atoms with Gasteiger partial charge in [0.2, 0.25) is 11.9 Å². The van der Waals surface area contributed by atoms with Gasteiger partial charge in [0.1, 0.15) is 0 Å². The molecule has 1 aromatic carbocycles. The number of anilines is 3. The second-order valence-electron chi connectivity index (χ2n) is 5.18. The first-order chi connectivity index (χ1) is 10.8. The minimum Gasteiger partial charge on any atom is -0.467 e. The first-order valence-corrected chi connectivity index (χ1v) is 7.07. The lowest BCUT2D eigenvalue weighted by Crippen LogP contribution is -2.09. The molecule has 0 aliphatic heterocycles. The molecule has 3 N–H and O–H groups in total. The van der Waals surface area contributed by atoms with E-state index in [1.807, 2.05) is 18.2 Å². The van der Waals surface area contributed by atoms with Gasteiger partial charge in [-0.1, -0.05) is 0 Å². The average Bonchev–Trinajstić information content (AvgIpc) is 3.21. The van der Waals surface area contributed by atoms with Crippen LogP contribution in [0.3, 0.4) is 0 Å². The van der Waals surface area contributed by atoms with Crippen molar-refractivity contribution in [3.63, 3.8) is 0 Å². The van der Waals surface area contributed by atoms with Gasteiger partial charge in [0.25, 0.3) is 0 Å². The zero-order chi connectivity index (χ0) is 14.9. The van der Waals surface area contributed by atoms with E-state index in [2.05, 4.69) is 35.8 Å². The molecule has 3 aromatic rings. The van der Waals surface area contributed by atoms with Gasteiger partial charge in [-0.15, -0.1) is 0 Å². The summed E-state index contributed by atoms with van der Waals surface area (Å²) >= 11 is 0. The van der Waals surface area contributed by atoms with Crippen LogP contribution in [0.25, 0.3) is 10.9 Å². The number of hydrogen-bond donors (Lipinski definition) is 3. The number of aromatic amines is 1. The molecule has 0 radical (unpaired) electrons. The number of H-pyrrole nitrogens is 1. The van der Waals surface area contributed by atoms with Gasteiger partial charge in [-0.2, -0.15) is 20.1 Å². The fourth-order valence-corrected chi connectivity index (χ4v) is 2.13. The minimum absolute atomic E-state index is 0.282. The first-order valence-electron chi connectivity index (χ1n) is 7.07. The van der Waals surface area contributed by atoms with E-state index in [0.717, 1.165) is 29.4 Å². The SMILES string of the molecule is COc1nc(Nc2ccc3[nH]ncc3c2)nc(NC2CC2)n1. The number of benzene rings is 1. The molecule has 0 saturated heterocycles. The Morgan fingerprint density at radius 3 is 2.86 bits per heavy atom. The Morgan fingerprint density at radius 2 is 2.05 bits per heavy atom. The Morgan fingerprint density at radius 1 is 1.18 bits per heavy atom. The summed E-state index contributed by atoms with van der Waals surface area (Å²) in [5, 5.41) is 14.4. The standard InChI is InChI=1S/C14H15N7O/c1-22-14-19-12(16-9-2-3-9)18-13(20-14)17-10-4-5-11-8(6-10)7-15-21-11/h4-7,9H,2-3H2,1H3,(H,15,21)(H2,16,17,18,19,20). The third-order valence-corrected chi connectivity index (χ3v) is 3.40. The van der Waals surface area contributed by atoms with E-state index >= 15 is 0 Å². The van der Waals surface area contributed by atoms with Crippen molar-refractivity contribution in [1.29, 1.82) is 0 Å². The van der Waals surface area contributed by atoms with E-state index < -0.39 is 0 Å². The fourth-order valence-electron chi connectivity index (χ4n) is 2.13. The molecule has 0 atom stereocenters. The van der Waals surface area contributed by atoms with Crippen LogP contribution in [0.1, 0.15) is 12.8 Å². The Labute approximate surface area is 126 Å².